The van der Waals surface area contributed by atoms with Crippen LogP contribution in [0.2, 0.25) is 0 Å². The fraction of sp³-hybridized carbons (Fsp3) is 0.550. The van der Waals surface area contributed by atoms with Gasteiger partial charge >= 0.3 is 0 Å². The molecule has 1 unspecified atom stereocenters. The predicted octanol–water partition coefficient (Wildman–Crippen LogP) is 3.29. The van der Waals surface area contributed by atoms with Crippen molar-refractivity contribution in [3.8, 4) is 11.8 Å². The average molecular weight is 827 g/mol. The first-order chi connectivity index (χ1) is 27.8. The number of unbranched alkanes of at least 4 members (excludes halogenated alkanes) is 3. The van der Waals surface area contributed by atoms with E-state index in [1.165, 1.54) is 19.3 Å². The van der Waals surface area contributed by atoms with Gasteiger partial charge in [-0.15, -0.1) is 5.10 Å². The molecule has 3 aromatic rings. The van der Waals surface area contributed by atoms with Gasteiger partial charge in [-0.25, -0.2) is 4.98 Å². The number of nitrogens with two attached hydrogens (primary N) is 1. The van der Waals surface area contributed by atoms with Crippen LogP contribution in [0.1, 0.15) is 96.4 Å². The maximum absolute atomic E-state index is 12.3. The van der Waals surface area contributed by atoms with Crippen molar-refractivity contribution in [2.75, 3.05) is 38.2 Å². The molecule has 0 spiro atoms. The van der Waals surface area contributed by atoms with E-state index in [9.17, 15) is 19.2 Å². The number of hydrogen-bond donors (Lipinski definition) is 7. The molecule has 0 radical (unpaired) electrons. The SMILES string of the molecule is CC(CCn1cc(CNC=O)nn1)OCCC(C)(C)NC(=O)COCC(=O)NCC(=O)Nc1ccc(CO)cc1.CCCCC#Cc1cnc(=S)[nH]c1.CCCCN. The number of hydrogen-bond acceptors (Lipinski definition) is 12. The van der Waals surface area contributed by atoms with Crippen LogP contribution in [0.25, 0.3) is 0 Å². The number of carbonyl (C=O) groups is 4. The number of H-pyrrole nitrogens is 1. The van der Waals surface area contributed by atoms with Crippen molar-refractivity contribution in [3.05, 3.63) is 64.4 Å². The first-order valence-electron chi connectivity index (χ1n) is 19.4. The zero-order valence-corrected chi connectivity index (χ0v) is 35.3. The van der Waals surface area contributed by atoms with E-state index in [2.05, 4.69) is 67.2 Å². The third-order valence-electron chi connectivity index (χ3n) is 7.78. The first-order valence-corrected chi connectivity index (χ1v) is 19.8. The van der Waals surface area contributed by atoms with Crippen molar-refractivity contribution in [2.24, 2.45) is 5.73 Å². The number of rotatable bonds is 23. The van der Waals surface area contributed by atoms with Gasteiger partial charge in [0, 0.05) is 43.2 Å². The Kier molecular flexibility index (Phi) is 27.2. The van der Waals surface area contributed by atoms with Gasteiger partial charge in [-0.2, -0.15) is 0 Å². The molecule has 0 aliphatic heterocycles. The van der Waals surface area contributed by atoms with Crippen LogP contribution in [-0.4, -0.2) is 98.8 Å². The average Bonchev–Trinajstić information content (AvgIpc) is 3.66. The Morgan fingerprint density at radius 2 is 1.83 bits per heavy atom. The minimum absolute atomic E-state index is 0.0389. The fourth-order valence-corrected chi connectivity index (χ4v) is 4.58. The summed E-state index contributed by atoms with van der Waals surface area (Å²) in [6, 6.07) is 6.65. The number of aliphatic hydroxyl groups is 1. The lowest BCUT2D eigenvalue weighted by atomic mass is 10.0. The van der Waals surface area contributed by atoms with Crippen LogP contribution in [0.3, 0.4) is 0 Å². The molecule has 0 saturated heterocycles. The molecule has 320 valence electrons. The highest BCUT2D eigenvalue weighted by atomic mass is 32.1. The zero-order valence-electron chi connectivity index (χ0n) is 34.5. The van der Waals surface area contributed by atoms with Crippen LogP contribution >= 0.6 is 12.2 Å². The molecule has 0 aliphatic rings. The summed E-state index contributed by atoms with van der Waals surface area (Å²) >= 11 is 4.81. The highest BCUT2D eigenvalue weighted by molar-refractivity contribution is 7.71. The summed E-state index contributed by atoms with van der Waals surface area (Å²) in [5.74, 6) is 4.77. The van der Waals surface area contributed by atoms with E-state index in [1.807, 2.05) is 20.8 Å². The molecule has 0 bridgehead atoms. The molecule has 0 aliphatic carbocycles. The van der Waals surface area contributed by atoms with Gasteiger partial charge in [-0.1, -0.05) is 55.9 Å². The van der Waals surface area contributed by atoms with Gasteiger partial charge in [0.05, 0.1) is 37.6 Å². The van der Waals surface area contributed by atoms with Crippen LogP contribution < -0.4 is 27.0 Å². The Hall–Kier alpha value is -5.06. The summed E-state index contributed by atoms with van der Waals surface area (Å²) < 4.78 is 13.2. The zero-order chi connectivity index (χ0) is 43.0. The lowest BCUT2D eigenvalue weighted by Gasteiger charge is -2.27. The van der Waals surface area contributed by atoms with Gasteiger partial charge in [0.2, 0.25) is 24.1 Å². The van der Waals surface area contributed by atoms with Crippen LogP contribution in [-0.2, 0) is 48.3 Å². The summed E-state index contributed by atoms with van der Waals surface area (Å²) in [7, 11) is 0. The monoisotopic (exact) mass is 826 g/mol. The van der Waals surface area contributed by atoms with Crippen molar-refractivity contribution in [3.63, 3.8) is 0 Å². The number of benzene rings is 1. The summed E-state index contributed by atoms with van der Waals surface area (Å²) in [5, 5.41) is 27.5. The van der Waals surface area contributed by atoms with E-state index >= 15 is 0 Å². The molecule has 1 aromatic carbocycles. The largest absolute Gasteiger partial charge is 0.392 e. The second-order valence-electron chi connectivity index (χ2n) is 13.7. The maximum Gasteiger partial charge on any atom is 0.246 e. The molecular weight excluding hydrogens is 765 g/mol. The number of ether oxygens (including phenoxy) is 2. The molecule has 1 atom stereocenters. The summed E-state index contributed by atoms with van der Waals surface area (Å²) in [6.45, 7) is 11.2. The Balaban J connectivity index is 0.000000766. The van der Waals surface area contributed by atoms with Crippen molar-refractivity contribution in [2.45, 2.75) is 111 Å². The Morgan fingerprint density at radius 1 is 1.10 bits per heavy atom. The van der Waals surface area contributed by atoms with Gasteiger partial charge in [0.25, 0.3) is 0 Å². The highest BCUT2D eigenvalue weighted by Crippen LogP contribution is 2.11. The van der Waals surface area contributed by atoms with Gasteiger partial charge in [-0.3, -0.25) is 23.9 Å². The molecule has 58 heavy (non-hydrogen) atoms. The lowest BCUT2D eigenvalue weighted by molar-refractivity contribution is -0.133. The topological polar surface area (TPSA) is 240 Å². The van der Waals surface area contributed by atoms with Gasteiger partial charge < -0.3 is 46.6 Å². The lowest BCUT2D eigenvalue weighted by Crippen LogP contribution is -2.46. The second-order valence-corrected chi connectivity index (χ2v) is 14.0. The molecule has 2 heterocycles. The number of carbonyl (C=O) groups excluding carboxylic acids is 4. The molecule has 4 amide bonds. The molecule has 0 saturated carbocycles. The highest BCUT2D eigenvalue weighted by Gasteiger charge is 2.21. The van der Waals surface area contributed by atoms with E-state index in [-0.39, 0.29) is 38.4 Å². The minimum Gasteiger partial charge on any atom is -0.392 e. The van der Waals surface area contributed by atoms with Crippen molar-refractivity contribution in [1.29, 1.82) is 0 Å². The molecule has 0 fully saturated rings. The normalized spacial score (nSPS) is 10.9. The number of aryl methyl sites for hydroxylation is 1. The van der Waals surface area contributed by atoms with Crippen LogP contribution in [0.4, 0.5) is 5.69 Å². The van der Waals surface area contributed by atoms with Crippen molar-refractivity contribution < 1.29 is 33.8 Å². The number of aliphatic hydroxyl groups excluding tert-OH is 1. The Bertz CT molecular complexity index is 1720. The van der Waals surface area contributed by atoms with E-state index in [0.29, 0.717) is 55.1 Å². The van der Waals surface area contributed by atoms with E-state index in [4.69, 9.17) is 32.5 Å². The van der Waals surface area contributed by atoms with Crippen LogP contribution in [0.15, 0.2) is 42.9 Å². The van der Waals surface area contributed by atoms with Gasteiger partial charge in [0.1, 0.15) is 18.9 Å². The standard InChI is InChI=1S/C26H39N7O7.C10H12N2S.C4H11N/c1-19(8-10-33-14-22(31-32-33)12-27-18-35)40-11-9-26(2,3)30-25(38)17-39-16-24(37)28-13-23(36)29-21-6-4-20(15-34)5-7-21;1-2-3-4-5-6-9-7-11-10(13)12-8-9;1-2-3-4-5/h4-7,14,18-19,34H,8-13,15-17H2,1-3H3,(H,27,35)(H,28,37)(H,29,36)(H,30,38);7-8H,2-4H2,1H3,(H,11,12,13);2-5H2,1H3. The van der Waals surface area contributed by atoms with Gasteiger partial charge in [0.15, 0.2) is 4.77 Å². The smallest absolute Gasteiger partial charge is 0.246 e. The number of anilines is 1. The number of amides is 4. The summed E-state index contributed by atoms with van der Waals surface area (Å²) in [5.41, 5.74) is 7.41. The Morgan fingerprint density at radius 3 is 2.45 bits per heavy atom. The molecule has 3 rings (SSSR count). The number of aromatic nitrogens is 5. The third kappa shape index (κ3) is 26.0. The predicted molar refractivity (Wildman–Crippen MR) is 224 cm³/mol. The van der Waals surface area contributed by atoms with Gasteiger partial charge in [-0.05, 0) is 82.9 Å². The van der Waals surface area contributed by atoms with Crippen LogP contribution in [0, 0.1) is 16.6 Å². The molecule has 17 nitrogen and oxygen atoms in total. The second kappa shape index (κ2) is 31.0. The van der Waals surface area contributed by atoms with E-state index in [0.717, 1.165) is 30.5 Å². The summed E-state index contributed by atoms with van der Waals surface area (Å²) in [4.78, 5) is 53.3. The minimum atomic E-state index is -0.553. The van der Waals surface area contributed by atoms with Crippen LogP contribution in [0.5, 0.6) is 0 Å². The van der Waals surface area contributed by atoms with E-state index < -0.39 is 17.4 Å². The fourth-order valence-electron chi connectivity index (χ4n) is 4.47. The number of nitrogens with zero attached hydrogens (tertiary/aromatic N) is 4. The number of aromatic amines is 1. The van der Waals surface area contributed by atoms with Crippen molar-refractivity contribution in [1.82, 2.24) is 40.9 Å². The molecule has 18 heteroatoms. The quantitative estimate of drug-likeness (QED) is 0.0316. The number of nitrogens with one attached hydrogen (secondary N) is 5. The first kappa shape index (κ1) is 51.0. The molecule has 2 aromatic heterocycles. The van der Waals surface area contributed by atoms with Crippen molar-refractivity contribution >= 4 is 42.0 Å². The Labute approximate surface area is 347 Å². The third-order valence-corrected chi connectivity index (χ3v) is 8.00. The maximum atomic E-state index is 12.3. The molecule has 8 N–H and O–H groups in total. The summed E-state index contributed by atoms with van der Waals surface area (Å²) in [6.07, 6.45) is 12.8. The molecular formula is C40H62N10O7S. The van der Waals surface area contributed by atoms with E-state index in [1.54, 1.807) is 47.5 Å².